The van der Waals surface area contributed by atoms with Gasteiger partial charge in [-0.05, 0) is 53.7 Å². The molecule has 0 amide bonds. The third-order valence-electron chi connectivity index (χ3n) is 8.20. The molecule has 4 aliphatic rings. The Hall–Kier alpha value is -1.56. The fourth-order valence-electron chi connectivity index (χ4n) is 6.72. The smallest absolute Gasteiger partial charge is 0.194 e. The Morgan fingerprint density at radius 2 is 2.07 bits per heavy atom. The number of allylic oxidation sites excluding steroid dienone is 4. The lowest BCUT2D eigenvalue weighted by Crippen LogP contribution is -2.61. The highest BCUT2D eigenvalue weighted by Gasteiger charge is 2.69. The Morgan fingerprint density at radius 1 is 1.37 bits per heavy atom. The molecule has 4 aliphatic carbocycles. The van der Waals surface area contributed by atoms with Crippen LogP contribution in [0.4, 0.5) is 0 Å². The van der Waals surface area contributed by atoms with Crippen molar-refractivity contribution < 1.29 is 24.9 Å². The molecule has 0 aromatic carbocycles. The van der Waals surface area contributed by atoms with Gasteiger partial charge in [0.1, 0.15) is 6.61 Å². The number of fused-ring (bicyclic) bond motifs is 5. The van der Waals surface area contributed by atoms with Crippen LogP contribution in [0.25, 0.3) is 0 Å². The molecule has 146 valence electrons. The third-order valence-corrected chi connectivity index (χ3v) is 8.20. The fraction of sp³-hybridized carbons (Fsp3) is 0.636. The summed E-state index contributed by atoms with van der Waals surface area (Å²) in [5.74, 6) is -0.660. The van der Waals surface area contributed by atoms with E-state index in [0.29, 0.717) is 24.8 Å². The first kappa shape index (κ1) is 18.8. The highest BCUT2D eigenvalue weighted by molar-refractivity contribution is 5.93. The van der Waals surface area contributed by atoms with E-state index in [1.54, 1.807) is 6.08 Å². The summed E-state index contributed by atoms with van der Waals surface area (Å²) in [6.07, 6.45) is 6.96. The van der Waals surface area contributed by atoms with Gasteiger partial charge in [-0.1, -0.05) is 32.6 Å². The van der Waals surface area contributed by atoms with Crippen molar-refractivity contribution in [3.63, 3.8) is 0 Å². The van der Waals surface area contributed by atoms with Gasteiger partial charge < -0.3 is 15.3 Å². The van der Waals surface area contributed by atoms with E-state index in [2.05, 4.69) is 13.5 Å². The van der Waals surface area contributed by atoms with Crippen LogP contribution >= 0.6 is 0 Å². The number of ketones is 2. The van der Waals surface area contributed by atoms with E-state index in [1.807, 2.05) is 19.1 Å². The van der Waals surface area contributed by atoms with Gasteiger partial charge in [0.25, 0.3) is 0 Å². The van der Waals surface area contributed by atoms with Gasteiger partial charge >= 0.3 is 0 Å². The molecule has 0 radical (unpaired) electrons. The van der Waals surface area contributed by atoms with Gasteiger partial charge in [-0.3, -0.25) is 9.59 Å². The average Bonchev–Trinajstić information content (AvgIpc) is 2.82. The molecule has 6 unspecified atom stereocenters. The van der Waals surface area contributed by atoms with Crippen molar-refractivity contribution in [3.05, 3.63) is 36.0 Å². The summed E-state index contributed by atoms with van der Waals surface area (Å²) in [6, 6.07) is 0. The summed E-state index contributed by atoms with van der Waals surface area (Å²) in [5.41, 5.74) is -1.58. The van der Waals surface area contributed by atoms with Crippen LogP contribution in [0.1, 0.15) is 39.5 Å². The Labute approximate surface area is 159 Å². The van der Waals surface area contributed by atoms with Crippen LogP contribution in [0.3, 0.4) is 0 Å². The molecule has 0 aliphatic heterocycles. The number of hydrogen-bond acceptors (Lipinski definition) is 5. The largest absolute Gasteiger partial charge is 0.393 e. The van der Waals surface area contributed by atoms with Gasteiger partial charge in [0.15, 0.2) is 17.2 Å². The first-order chi connectivity index (χ1) is 12.6. The Kier molecular flexibility index (Phi) is 3.98. The van der Waals surface area contributed by atoms with Crippen LogP contribution in [0.15, 0.2) is 36.0 Å². The molecule has 4 rings (SSSR count). The number of Topliss-reactive ketones (excluding diaryl/α,β-unsaturated/α-hetero) is 1. The van der Waals surface area contributed by atoms with Gasteiger partial charge in [0, 0.05) is 17.8 Å². The highest BCUT2D eigenvalue weighted by Crippen LogP contribution is 2.67. The van der Waals surface area contributed by atoms with Gasteiger partial charge in [-0.2, -0.15) is 0 Å². The second-order valence-corrected chi connectivity index (χ2v) is 9.34. The molecule has 3 N–H and O–H groups in total. The zero-order chi connectivity index (χ0) is 19.8. The molecule has 0 aromatic heterocycles. The minimum absolute atomic E-state index is 0.0219. The van der Waals surface area contributed by atoms with Crippen LogP contribution < -0.4 is 0 Å². The first-order valence-electron chi connectivity index (χ1n) is 9.75. The Bertz CT molecular complexity index is 795. The van der Waals surface area contributed by atoms with Crippen molar-refractivity contribution in [2.24, 2.45) is 28.6 Å². The van der Waals surface area contributed by atoms with Crippen molar-refractivity contribution in [3.8, 4) is 0 Å². The van der Waals surface area contributed by atoms with Gasteiger partial charge in [0.05, 0.1) is 6.10 Å². The lowest BCUT2D eigenvalue weighted by atomic mass is 9.47. The van der Waals surface area contributed by atoms with E-state index in [4.69, 9.17) is 0 Å². The maximum Gasteiger partial charge on any atom is 0.194 e. The van der Waals surface area contributed by atoms with E-state index in [0.717, 1.165) is 5.57 Å². The number of hydrogen-bond donors (Lipinski definition) is 3. The summed E-state index contributed by atoms with van der Waals surface area (Å²) < 4.78 is 0. The van der Waals surface area contributed by atoms with E-state index < -0.39 is 29.5 Å². The molecule has 0 aromatic rings. The quantitative estimate of drug-likeness (QED) is 0.642. The summed E-state index contributed by atoms with van der Waals surface area (Å²) in [6.45, 7) is 7.19. The van der Waals surface area contributed by atoms with Crippen molar-refractivity contribution in [1.82, 2.24) is 0 Å². The number of rotatable bonds is 2. The minimum atomic E-state index is -1.81. The highest BCUT2D eigenvalue weighted by atomic mass is 16.3. The molecule has 2 saturated carbocycles. The number of aliphatic hydroxyl groups excluding tert-OH is 2. The van der Waals surface area contributed by atoms with Crippen LogP contribution in [0, 0.1) is 28.6 Å². The predicted molar refractivity (Wildman–Crippen MR) is 99.6 cm³/mol. The zero-order valence-corrected chi connectivity index (χ0v) is 15.9. The molecule has 0 bridgehead atoms. The second-order valence-electron chi connectivity index (χ2n) is 9.34. The molecule has 7 atom stereocenters. The maximum absolute atomic E-state index is 12.5. The topological polar surface area (TPSA) is 94.8 Å². The van der Waals surface area contributed by atoms with E-state index in [9.17, 15) is 24.9 Å². The Morgan fingerprint density at radius 3 is 2.74 bits per heavy atom. The maximum atomic E-state index is 12.5. The number of carbonyl (C=O) groups excluding carboxylic acids is 2. The first-order valence-corrected chi connectivity index (χ1v) is 9.75. The average molecular weight is 372 g/mol. The van der Waals surface area contributed by atoms with Crippen LogP contribution in [-0.4, -0.2) is 45.2 Å². The fourth-order valence-corrected chi connectivity index (χ4v) is 6.72. The monoisotopic (exact) mass is 372 g/mol. The normalized spacial score (nSPS) is 48.6. The van der Waals surface area contributed by atoms with Gasteiger partial charge in [0.2, 0.25) is 0 Å². The van der Waals surface area contributed by atoms with E-state index in [-0.39, 0.29) is 35.4 Å². The van der Waals surface area contributed by atoms with Gasteiger partial charge in [-0.25, -0.2) is 0 Å². The zero-order valence-electron chi connectivity index (χ0n) is 15.9. The van der Waals surface area contributed by atoms with Crippen LogP contribution in [-0.2, 0) is 9.59 Å². The standard InChI is InChI=1S/C22H28O5/c1-12-8-16-15-5-4-13-9-14(24)6-7-20(13,2)19(15)17(25)10-21(16,3)22(12,27)18(26)11-23/h4-5,9,15-17,19,23,25,27H,1,6-8,10-11H2,2-3H3/t15?,16?,17?,19?,20?,21?,22-/m0/s1. The summed E-state index contributed by atoms with van der Waals surface area (Å²) in [5, 5.41) is 32.0. The lowest BCUT2D eigenvalue weighted by Gasteiger charge is -2.58. The Balaban J connectivity index is 1.83. The van der Waals surface area contributed by atoms with Crippen molar-refractivity contribution in [2.75, 3.05) is 6.61 Å². The van der Waals surface area contributed by atoms with Crippen molar-refractivity contribution in [2.45, 2.75) is 51.2 Å². The second kappa shape index (κ2) is 5.72. The van der Waals surface area contributed by atoms with Crippen molar-refractivity contribution >= 4 is 11.6 Å². The summed E-state index contributed by atoms with van der Waals surface area (Å²) in [7, 11) is 0. The molecular weight excluding hydrogens is 344 g/mol. The van der Waals surface area contributed by atoms with Crippen LogP contribution in [0.2, 0.25) is 0 Å². The third kappa shape index (κ3) is 2.16. The number of carbonyl (C=O) groups is 2. The minimum Gasteiger partial charge on any atom is -0.393 e. The summed E-state index contributed by atoms with van der Waals surface area (Å²) >= 11 is 0. The molecule has 2 fully saturated rings. The van der Waals surface area contributed by atoms with E-state index in [1.165, 1.54) is 0 Å². The SMILES string of the molecule is C=C1CC2C3C=CC4=CC(=O)CCC4(C)C3C(O)CC2(C)[C@@]1(O)C(=O)CO. The molecule has 0 heterocycles. The predicted octanol–water partition coefficient (Wildman–Crippen LogP) is 1.72. The molecule has 0 saturated heterocycles. The lowest BCUT2D eigenvalue weighted by molar-refractivity contribution is -0.169. The van der Waals surface area contributed by atoms with Crippen LogP contribution in [0.5, 0.6) is 0 Å². The summed E-state index contributed by atoms with van der Waals surface area (Å²) in [4.78, 5) is 24.4. The molecule has 27 heavy (non-hydrogen) atoms. The van der Waals surface area contributed by atoms with Crippen molar-refractivity contribution in [1.29, 1.82) is 0 Å². The van der Waals surface area contributed by atoms with E-state index >= 15 is 0 Å². The molecule has 0 spiro atoms. The number of aliphatic hydroxyl groups is 3. The molecular formula is C22H28O5. The molecule has 5 heteroatoms. The molecule has 5 nitrogen and oxygen atoms in total. The van der Waals surface area contributed by atoms with Gasteiger partial charge in [-0.15, -0.1) is 0 Å².